The zero-order valence-corrected chi connectivity index (χ0v) is 19.0. The van der Waals surface area contributed by atoms with Gasteiger partial charge in [0.15, 0.2) is 10.9 Å². The number of nitrogens with zero attached hydrogens (tertiary/aromatic N) is 3. The highest BCUT2D eigenvalue weighted by molar-refractivity contribution is 7.22. The highest BCUT2D eigenvalue weighted by Crippen LogP contribution is 2.33. The second-order valence-electron chi connectivity index (χ2n) is 7.45. The Bertz CT molecular complexity index is 1320. The molecule has 0 atom stereocenters. The van der Waals surface area contributed by atoms with Gasteiger partial charge in [0.25, 0.3) is 0 Å². The number of thiazole rings is 1. The van der Waals surface area contributed by atoms with Gasteiger partial charge in [-0.2, -0.15) is 0 Å². The van der Waals surface area contributed by atoms with Gasteiger partial charge in [-0.1, -0.05) is 11.3 Å². The lowest BCUT2D eigenvalue weighted by atomic mass is 10.1. The van der Waals surface area contributed by atoms with Crippen LogP contribution in [-0.2, 0) is 11.8 Å². The van der Waals surface area contributed by atoms with Crippen molar-refractivity contribution in [1.29, 1.82) is 0 Å². The number of alkyl halides is 3. The summed E-state index contributed by atoms with van der Waals surface area (Å²) in [5.74, 6) is 0.183. The van der Waals surface area contributed by atoms with Crippen molar-refractivity contribution in [2.75, 3.05) is 25.1 Å². The lowest BCUT2D eigenvalue weighted by Crippen LogP contribution is -2.16. The lowest BCUT2D eigenvalue weighted by molar-refractivity contribution is -0.274. The second-order valence-corrected chi connectivity index (χ2v) is 8.48. The van der Waals surface area contributed by atoms with Crippen LogP contribution in [0.3, 0.4) is 0 Å². The van der Waals surface area contributed by atoms with Crippen molar-refractivity contribution in [1.82, 2.24) is 14.5 Å². The van der Waals surface area contributed by atoms with E-state index in [1.165, 1.54) is 29.5 Å². The molecule has 0 spiro atoms. The van der Waals surface area contributed by atoms with Crippen LogP contribution in [-0.4, -0.2) is 46.4 Å². The molecule has 3 N–H and O–H groups in total. The van der Waals surface area contributed by atoms with Crippen molar-refractivity contribution >= 4 is 49.4 Å². The zero-order chi connectivity index (χ0) is 24.3. The van der Waals surface area contributed by atoms with E-state index < -0.39 is 6.36 Å². The molecule has 0 saturated heterocycles. The minimum atomic E-state index is -4.76. The molecule has 34 heavy (non-hydrogen) atoms. The molecule has 12 heteroatoms. The first-order valence-corrected chi connectivity index (χ1v) is 11.3. The van der Waals surface area contributed by atoms with E-state index in [1.54, 1.807) is 12.1 Å². The average Bonchev–Trinajstić information content (AvgIpc) is 3.32. The number of rotatable bonds is 10. The van der Waals surface area contributed by atoms with Crippen molar-refractivity contribution in [3.63, 3.8) is 0 Å². The quantitative estimate of drug-likeness (QED) is 0.242. The average molecular weight is 494 g/mol. The zero-order valence-electron chi connectivity index (χ0n) is 18.2. The Morgan fingerprint density at radius 3 is 2.74 bits per heavy atom. The summed E-state index contributed by atoms with van der Waals surface area (Å²) >= 11 is 1.18. The molecule has 0 aliphatic heterocycles. The van der Waals surface area contributed by atoms with E-state index in [4.69, 9.17) is 10.5 Å². The Kier molecular flexibility index (Phi) is 7.00. The number of ketones is 1. The maximum atomic E-state index is 12.5. The standard InChI is InChI=1S/C22H22F3N5O3S/c1-30-17-7-4-13(18(31)3-2-9-32-10-8-26)11-16(17)27-20(30)29-21-28-15-6-5-14(12-19(15)34-21)33-22(23,24)25/h4-7,11-12H,2-3,8-10,26H2,1H3,(H,27,28,29). The monoisotopic (exact) mass is 493 g/mol. The van der Waals surface area contributed by atoms with Gasteiger partial charge in [0.2, 0.25) is 5.95 Å². The number of ether oxygens (including phenoxy) is 2. The molecule has 0 radical (unpaired) electrons. The summed E-state index contributed by atoms with van der Waals surface area (Å²) in [6, 6.07) is 9.30. The van der Waals surface area contributed by atoms with Gasteiger partial charge in [-0.25, -0.2) is 9.97 Å². The maximum absolute atomic E-state index is 12.5. The molecule has 2 aromatic heterocycles. The normalized spacial score (nSPS) is 11.9. The first kappa shape index (κ1) is 23.9. The van der Waals surface area contributed by atoms with Crippen molar-refractivity contribution in [2.24, 2.45) is 12.8 Å². The molecule has 0 amide bonds. The number of nitrogens with two attached hydrogens (primary N) is 1. The molecule has 8 nitrogen and oxygen atoms in total. The van der Waals surface area contributed by atoms with E-state index in [0.29, 0.717) is 65.0 Å². The molecule has 0 fully saturated rings. The SMILES string of the molecule is Cn1c(Nc2nc3ccc(OC(F)(F)F)cc3s2)nc2cc(C(=O)CCCOCCN)ccc21. The fourth-order valence-electron chi connectivity index (χ4n) is 3.40. The third kappa shape index (κ3) is 5.64. The van der Waals surface area contributed by atoms with E-state index in [-0.39, 0.29) is 11.5 Å². The molecule has 0 unspecified atom stereocenters. The van der Waals surface area contributed by atoms with Crippen LogP contribution >= 0.6 is 11.3 Å². The molecule has 180 valence electrons. The van der Waals surface area contributed by atoms with Crippen molar-refractivity contribution in [3.05, 3.63) is 42.0 Å². The molecule has 0 aliphatic rings. The highest BCUT2D eigenvalue weighted by atomic mass is 32.1. The summed E-state index contributed by atoms with van der Waals surface area (Å²) in [7, 11) is 1.82. The van der Waals surface area contributed by atoms with Gasteiger partial charge in [-0.15, -0.1) is 13.2 Å². The fraction of sp³-hybridized carbons (Fsp3) is 0.318. The minimum Gasteiger partial charge on any atom is -0.406 e. The van der Waals surface area contributed by atoms with Gasteiger partial charge in [-0.3, -0.25) is 4.79 Å². The van der Waals surface area contributed by atoms with Crippen LogP contribution < -0.4 is 15.8 Å². The number of anilines is 2. The van der Waals surface area contributed by atoms with Crippen LogP contribution in [0.5, 0.6) is 5.75 Å². The Morgan fingerprint density at radius 1 is 1.15 bits per heavy atom. The van der Waals surface area contributed by atoms with E-state index in [2.05, 4.69) is 20.0 Å². The smallest absolute Gasteiger partial charge is 0.406 e. The lowest BCUT2D eigenvalue weighted by Gasteiger charge is -2.07. The van der Waals surface area contributed by atoms with Gasteiger partial charge >= 0.3 is 6.36 Å². The van der Waals surface area contributed by atoms with Crippen LogP contribution in [0.4, 0.5) is 24.3 Å². The highest BCUT2D eigenvalue weighted by Gasteiger charge is 2.31. The Balaban J connectivity index is 1.49. The van der Waals surface area contributed by atoms with Gasteiger partial charge in [0.1, 0.15) is 5.75 Å². The number of Topliss-reactive ketones (excluding diaryl/α,β-unsaturated/α-hetero) is 1. The molecular weight excluding hydrogens is 471 g/mol. The number of halogens is 3. The topological polar surface area (TPSA) is 104 Å². The van der Waals surface area contributed by atoms with Crippen LogP contribution in [0.15, 0.2) is 36.4 Å². The number of hydrogen-bond acceptors (Lipinski definition) is 8. The van der Waals surface area contributed by atoms with Crippen molar-refractivity contribution in [3.8, 4) is 5.75 Å². The summed E-state index contributed by atoms with van der Waals surface area (Å²) in [4.78, 5) is 21.5. The first-order valence-electron chi connectivity index (χ1n) is 10.4. The number of nitrogens with one attached hydrogen (secondary N) is 1. The number of benzene rings is 2. The molecule has 0 saturated carbocycles. The number of carbonyl (C=O) groups excluding carboxylic acids is 1. The number of aromatic nitrogens is 3. The molecule has 0 bridgehead atoms. The number of hydrogen-bond donors (Lipinski definition) is 2. The molecular formula is C22H22F3N5O3S. The largest absolute Gasteiger partial charge is 0.573 e. The molecule has 0 aliphatic carbocycles. The summed E-state index contributed by atoms with van der Waals surface area (Å²) in [6.45, 7) is 1.40. The van der Waals surface area contributed by atoms with Crippen LogP contribution in [0.1, 0.15) is 23.2 Å². The van der Waals surface area contributed by atoms with E-state index in [9.17, 15) is 18.0 Å². The third-order valence-electron chi connectivity index (χ3n) is 4.97. The fourth-order valence-corrected chi connectivity index (χ4v) is 4.29. The van der Waals surface area contributed by atoms with Crippen LogP contribution in [0.2, 0.25) is 0 Å². The number of aryl methyl sites for hydroxylation is 1. The van der Waals surface area contributed by atoms with Gasteiger partial charge < -0.3 is 25.1 Å². The van der Waals surface area contributed by atoms with Crippen LogP contribution in [0.25, 0.3) is 21.3 Å². The van der Waals surface area contributed by atoms with E-state index in [0.717, 1.165) is 5.52 Å². The maximum Gasteiger partial charge on any atom is 0.573 e. The van der Waals surface area contributed by atoms with E-state index >= 15 is 0 Å². The number of fused-ring (bicyclic) bond motifs is 2. The first-order chi connectivity index (χ1) is 16.2. The predicted octanol–water partition coefficient (Wildman–Crippen LogP) is 4.76. The second kappa shape index (κ2) is 9.95. The van der Waals surface area contributed by atoms with Crippen LogP contribution in [0, 0.1) is 0 Å². The van der Waals surface area contributed by atoms with Crippen molar-refractivity contribution in [2.45, 2.75) is 19.2 Å². The molecule has 2 aromatic carbocycles. The summed E-state index contributed by atoms with van der Waals surface area (Å²) in [5, 5.41) is 3.57. The Morgan fingerprint density at radius 2 is 1.97 bits per heavy atom. The van der Waals surface area contributed by atoms with Gasteiger partial charge in [-0.05, 0) is 36.8 Å². The third-order valence-corrected chi connectivity index (χ3v) is 5.90. The number of imidazole rings is 1. The Hall–Kier alpha value is -3.22. The van der Waals surface area contributed by atoms with Gasteiger partial charge in [0, 0.05) is 38.2 Å². The van der Waals surface area contributed by atoms with Gasteiger partial charge in [0.05, 0.1) is 27.9 Å². The minimum absolute atomic E-state index is 0.00136. The summed E-state index contributed by atoms with van der Waals surface area (Å²) in [6.07, 6.45) is -3.79. The predicted molar refractivity (Wildman–Crippen MR) is 124 cm³/mol. The molecule has 4 aromatic rings. The Labute approximate surface area is 196 Å². The van der Waals surface area contributed by atoms with Crippen molar-refractivity contribution < 1.29 is 27.4 Å². The number of carbonyl (C=O) groups is 1. The molecule has 4 rings (SSSR count). The summed E-state index contributed by atoms with van der Waals surface area (Å²) < 4.78 is 49.0. The van der Waals surface area contributed by atoms with E-state index in [1.807, 2.05) is 17.7 Å². The molecule has 2 heterocycles. The summed E-state index contributed by atoms with van der Waals surface area (Å²) in [5.41, 5.74) is 7.91.